The number of piperazine rings is 1. The molecule has 33 heavy (non-hydrogen) atoms. The van der Waals surface area contributed by atoms with Gasteiger partial charge in [0.15, 0.2) is 5.69 Å². The summed E-state index contributed by atoms with van der Waals surface area (Å²) in [6, 6.07) is 13.8. The first kappa shape index (κ1) is 22.7. The third-order valence-electron chi connectivity index (χ3n) is 5.46. The van der Waals surface area contributed by atoms with Crippen molar-refractivity contribution in [1.82, 2.24) is 24.2 Å². The summed E-state index contributed by atoms with van der Waals surface area (Å²) in [5, 5.41) is 8.06. The second kappa shape index (κ2) is 9.59. The zero-order valence-electron chi connectivity index (χ0n) is 18.4. The van der Waals surface area contributed by atoms with E-state index >= 15 is 0 Å². The fraction of sp³-hybridized carbons (Fsp3) is 0.318. The number of methoxy groups -OCH3 is 2. The normalized spacial score (nSPS) is 14.8. The Labute approximate surface area is 192 Å². The Kier molecular flexibility index (Phi) is 6.61. The summed E-state index contributed by atoms with van der Waals surface area (Å²) in [6.07, 6.45) is 1.60. The second-order valence-corrected chi connectivity index (χ2v) is 9.46. The summed E-state index contributed by atoms with van der Waals surface area (Å²) in [6.45, 7) is 1.41. The minimum Gasteiger partial charge on any atom is -0.497 e. The Bertz CT molecular complexity index is 1220. The van der Waals surface area contributed by atoms with Gasteiger partial charge in [-0.15, -0.1) is 5.10 Å². The van der Waals surface area contributed by atoms with Crippen molar-refractivity contribution in [3.8, 4) is 11.5 Å². The van der Waals surface area contributed by atoms with Gasteiger partial charge in [-0.3, -0.25) is 4.79 Å². The third-order valence-corrected chi connectivity index (χ3v) is 7.37. The van der Waals surface area contributed by atoms with Crippen LogP contribution < -0.4 is 9.47 Å². The Morgan fingerprint density at radius 1 is 0.970 bits per heavy atom. The van der Waals surface area contributed by atoms with E-state index in [1.807, 2.05) is 24.3 Å². The molecule has 0 N–H and O–H groups in total. The molecule has 1 aromatic heterocycles. The smallest absolute Gasteiger partial charge is 0.276 e. The molecule has 1 amide bonds. The summed E-state index contributed by atoms with van der Waals surface area (Å²) in [5.74, 6) is 1.06. The summed E-state index contributed by atoms with van der Waals surface area (Å²) in [4.78, 5) is 14.7. The predicted octanol–water partition coefficient (Wildman–Crippen LogP) is 1.49. The highest BCUT2D eigenvalue weighted by Gasteiger charge is 2.31. The molecule has 174 valence electrons. The van der Waals surface area contributed by atoms with Crippen LogP contribution in [0.25, 0.3) is 0 Å². The van der Waals surface area contributed by atoms with Crippen LogP contribution in [0.3, 0.4) is 0 Å². The zero-order valence-corrected chi connectivity index (χ0v) is 19.2. The van der Waals surface area contributed by atoms with E-state index in [9.17, 15) is 13.2 Å². The van der Waals surface area contributed by atoms with Gasteiger partial charge in [0.2, 0.25) is 10.0 Å². The van der Waals surface area contributed by atoms with Crippen molar-refractivity contribution in [2.75, 3.05) is 40.4 Å². The molecule has 4 rings (SSSR count). The molecule has 1 aliphatic rings. The van der Waals surface area contributed by atoms with Crippen LogP contribution in [0.2, 0.25) is 0 Å². The number of ether oxygens (including phenoxy) is 2. The first-order valence-electron chi connectivity index (χ1n) is 10.4. The third kappa shape index (κ3) is 4.99. The fourth-order valence-corrected chi connectivity index (χ4v) is 5.04. The quantitative estimate of drug-likeness (QED) is 0.514. The fourth-order valence-electron chi connectivity index (χ4n) is 3.62. The highest BCUT2D eigenvalue weighted by atomic mass is 32.2. The molecule has 1 fully saturated rings. The van der Waals surface area contributed by atoms with Crippen LogP contribution in [0.4, 0.5) is 0 Å². The minimum absolute atomic E-state index is 0.198. The lowest BCUT2D eigenvalue weighted by atomic mass is 10.2. The van der Waals surface area contributed by atoms with E-state index in [2.05, 4.69) is 10.3 Å². The van der Waals surface area contributed by atoms with Crippen LogP contribution >= 0.6 is 0 Å². The van der Waals surface area contributed by atoms with Gasteiger partial charge in [-0.1, -0.05) is 17.3 Å². The van der Waals surface area contributed by atoms with Gasteiger partial charge in [0.05, 0.1) is 31.9 Å². The largest absolute Gasteiger partial charge is 0.497 e. The van der Waals surface area contributed by atoms with E-state index in [1.165, 1.54) is 23.5 Å². The Morgan fingerprint density at radius 2 is 1.67 bits per heavy atom. The molecule has 0 aliphatic carbocycles. The lowest BCUT2D eigenvalue weighted by molar-refractivity contribution is 0.0692. The van der Waals surface area contributed by atoms with E-state index in [4.69, 9.17) is 9.47 Å². The maximum atomic E-state index is 12.9. The Hall–Kier alpha value is -3.44. The minimum atomic E-state index is -3.64. The van der Waals surface area contributed by atoms with Crippen molar-refractivity contribution in [3.05, 3.63) is 66.0 Å². The van der Waals surface area contributed by atoms with Gasteiger partial charge < -0.3 is 14.4 Å². The number of aromatic nitrogens is 3. The number of carbonyl (C=O) groups excluding carboxylic acids is 1. The van der Waals surface area contributed by atoms with Crippen LogP contribution in [-0.4, -0.2) is 78.9 Å². The lowest BCUT2D eigenvalue weighted by Crippen LogP contribution is -2.50. The molecule has 0 spiro atoms. The molecule has 10 nitrogen and oxygen atoms in total. The number of amides is 1. The highest BCUT2D eigenvalue weighted by Crippen LogP contribution is 2.21. The summed E-state index contributed by atoms with van der Waals surface area (Å²) < 4.78 is 39.1. The van der Waals surface area contributed by atoms with E-state index in [-0.39, 0.29) is 42.7 Å². The van der Waals surface area contributed by atoms with Crippen LogP contribution in [0.5, 0.6) is 11.5 Å². The number of benzene rings is 2. The van der Waals surface area contributed by atoms with E-state index in [0.717, 1.165) is 11.3 Å². The second-order valence-electron chi connectivity index (χ2n) is 7.52. The molecule has 0 saturated carbocycles. The molecule has 2 heterocycles. The van der Waals surface area contributed by atoms with E-state index in [0.29, 0.717) is 12.3 Å². The van der Waals surface area contributed by atoms with Crippen molar-refractivity contribution in [2.24, 2.45) is 0 Å². The van der Waals surface area contributed by atoms with Gasteiger partial charge >= 0.3 is 0 Å². The van der Waals surface area contributed by atoms with Gasteiger partial charge in [0, 0.05) is 26.2 Å². The molecule has 0 atom stereocenters. The number of carbonyl (C=O) groups is 1. The molecule has 2 aromatic carbocycles. The molecule has 11 heteroatoms. The Morgan fingerprint density at radius 3 is 2.33 bits per heavy atom. The lowest BCUT2D eigenvalue weighted by Gasteiger charge is -2.33. The molecular weight excluding hydrogens is 446 g/mol. The number of hydrogen-bond donors (Lipinski definition) is 0. The predicted molar refractivity (Wildman–Crippen MR) is 120 cm³/mol. The highest BCUT2D eigenvalue weighted by molar-refractivity contribution is 7.89. The monoisotopic (exact) mass is 471 g/mol. The van der Waals surface area contributed by atoms with Crippen molar-refractivity contribution in [3.63, 3.8) is 0 Å². The first-order chi connectivity index (χ1) is 15.9. The zero-order chi connectivity index (χ0) is 23.4. The van der Waals surface area contributed by atoms with Crippen molar-refractivity contribution in [1.29, 1.82) is 0 Å². The standard InChI is InChI=1S/C22H25N5O5S/c1-31-18-6-8-20(9-7-18)33(29,30)27-12-10-25(11-13-27)22(28)21-16-26(24-23-21)15-17-4-3-5-19(14-17)32-2/h3-9,14,16H,10-13,15H2,1-2H3. The van der Waals surface area contributed by atoms with Crippen LogP contribution in [0, 0.1) is 0 Å². The molecule has 0 unspecified atom stereocenters. The topological polar surface area (TPSA) is 107 Å². The number of sulfonamides is 1. The van der Waals surface area contributed by atoms with Crippen LogP contribution in [-0.2, 0) is 16.6 Å². The average Bonchev–Trinajstić information content (AvgIpc) is 3.32. The molecular formula is C22H25N5O5S. The summed E-state index contributed by atoms with van der Waals surface area (Å²) in [5.41, 5.74) is 1.19. The number of rotatable bonds is 7. The van der Waals surface area contributed by atoms with E-state index in [1.54, 1.807) is 35.0 Å². The van der Waals surface area contributed by atoms with Crippen molar-refractivity contribution < 1.29 is 22.7 Å². The average molecular weight is 472 g/mol. The van der Waals surface area contributed by atoms with Crippen LogP contribution in [0.1, 0.15) is 16.1 Å². The Balaban J connectivity index is 1.37. The molecule has 1 aliphatic heterocycles. The summed E-state index contributed by atoms with van der Waals surface area (Å²) in [7, 11) is -0.510. The maximum absolute atomic E-state index is 12.9. The number of hydrogen-bond acceptors (Lipinski definition) is 7. The van der Waals surface area contributed by atoms with Gasteiger partial charge in [-0.2, -0.15) is 4.31 Å². The van der Waals surface area contributed by atoms with Crippen LogP contribution in [0.15, 0.2) is 59.6 Å². The molecule has 1 saturated heterocycles. The van der Waals surface area contributed by atoms with E-state index < -0.39 is 10.0 Å². The van der Waals surface area contributed by atoms with Gasteiger partial charge in [0.1, 0.15) is 11.5 Å². The number of nitrogens with zero attached hydrogens (tertiary/aromatic N) is 5. The van der Waals surface area contributed by atoms with Gasteiger partial charge in [-0.05, 0) is 42.0 Å². The van der Waals surface area contributed by atoms with Crippen molar-refractivity contribution >= 4 is 15.9 Å². The summed E-state index contributed by atoms with van der Waals surface area (Å²) >= 11 is 0. The van der Waals surface area contributed by atoms with Gasteiger partial charge in [0.25, 0.3) is 5.91 Å². The maximum Gasteiger partial charge on any atom is 0.276 e. The van der Waals surface area contributed by atoms with Crippen molar-refractivity contribution in [2.45, 2.75) is 11.4 Å². The molecule has 0 radical (unpaired) electrons. The molecule has 0 bridgehead atoms. The molecule has 3 aromatic rings. The first-order valence-corrected chi connectivity index (χ1v) is 11.8. The van der Waals surface area contributed by atoms with Gasteiger partial charge in [-0.25, -0.2) is 13.1 Å². The SMILES string of the molecule is COc1ccc(S(=O)(=O)N2CCN(C(=O)c3cn(Cc4cccc(OC)c4)nn3)CC2)cc1.